The van der Waals surface area contributed by atoms with E-state index in [2.05, 4.69) is 26.3 Å². The van der Waals surface area contributed by atoms with E-state index in [0.29, 0.717) is 0 Å². The highest BCUT2D eigenvalue weighted by Gasteiger charge is 2.43. The van der Waals surface area contributed by atoms with Crippen molar-refractivity contribution in [3.8, 4) is 0 Å². The molecule has 0 fully saturated rings. The Labute approximate surface area is 186 Å². The molecule has 0 aromatic rings. The zero-order chi connectivity index (χ0) is 25.2. The Balaban J connectivity index is 6.36. The second-order valence-corrected chi connectivity index (χ2v) is 7.15. The summed E-state index contributed by atoms with van der Waals surface area (Å²) in [5, 5.41) is 19.7. The van der Waals surface area contributed by atoms with Gasteiger partial charge in [0.25, 0.3) is 0 Å². The third-order valence-electron chi connectivity index (χ3n) is 3.77. The summed E-state index contributed by atoms with van der Waals surface area (Å²) < 4.78 is 20.7. The van der Waals surface area contributed by atoms with E-state index in [0.717, 1.165) is 0 Å². The lowest BCUT2D eigenvalue weighted by Crippen LogP contribution is -2.53. The molecule has 0 spiro atoms. The largest absolute Gasteiger partial charge is 0.458 e. The van der Waals surface area contributed by atoms with Crippen LogP contribution in [0.1, 0.15) is 27.7 Å². The first-order chi connectivity index (χ1) is 14.7. The standard InChI is InChI=1S/C22H30O10/c1-11(2)19(25)29-10-16(30-20(26)12(3)4)18(32-22(28)14(7)8)17(15(24)9-23)31-21(27)13(5)6/h15-18,23-24H,1,3,5,7,9-10H2,2,4,6,8H3/t15-,16+,17-,18-/m1/s1. The van der Waals surface area contributed by atoms with Crippen molar-refractivity contribution in [2.75, 3.05) is 13.2 Å². The quantitative estimate of drug-likeness (QED) is 0.234. The molecule has 0 heterocycles. The summed E-state index contributed by atoms with van der Waals surface area (Å²) in [6, 6.07) is 0. The molecule has 0 aliphatic carbocycles. The fourth-order valence-electron chi connectivity index (χ4n) is 1.99. The number of ether oxygens (including phenoxy) is 4. The first-order valence-corrected chi connectivity index (χ1v) is 9.43. The summed E-state index contributed by atoms with van der Waals surface area (Å²) >= 11 is 0. The first-order valence-electron chi connectivity index (χ1n) is 9.43. The first kappa shape index (κ1) is 28.8. The Morgan fingerprint density at radius 1 is 0.688 bits per heavy atom. The van der Waals surface area contributed by atoms with Crippen molar-refractivity contribution in [2.45, 2.75) is 52.1 Å². The maximum absolute atomic E-state index is 12.3. The SMILES string of the molecule is C=C(C)C(=O)OC[C@H](OC(=O)C(=C)C)[C@@H](OC(=O)C(=C)C)[C@H](OC(=O)C(=C)C)[C@H](O)CO. The third kappa shape index (κ3) is 9.27. The molecule has 0 saturated heterocycles. The van der Waals surface area contributed by atoms with Crippen LogP contribution >= 0.6 is 0 Å². The number of esters is 4. The van der Waals surface area contributed by atoms with Gasteiger partial charge in [0.15, 0.2) is 18.3 Å². The van der Waals surface area contributed by atoms with Gasteiger partial charge in [-0.3, -0.25) is 0 Å². The maximum atomic E-state index is 12.3. The molecule has 0 aromatic heterocycles. The second-order valence-electron chi connectivity index (χ2n) is 7.15. The number of aliphatic hydroxyl groups excluding tert-OH is 2. The van der Waals surface area contributed by atoms with Gasteiger partial charge in [-0.1, -0.05) is 26.3 Å². The van der Waals surface area contributed by atoms with E-state index in [-0.39, 0.29) is 22.3 Å². The van der Waals surface area contributed by atoms with Crippen LogP contribution in [0.2, 0.25) is 0 Å². The van der Waals surface area contributed by atoms with E-state index in [1.165, 1.54) is 27.7 Å². The molecule has 0 saturated carbocycles. The Morgan fingerprint density at radius 3 is 1.44 bits per heavy atom. The van der Waals surface area contributed by atoms with Crippen molar-refractivity contribution < 1.29 is 48.3 Å². The molecule has 32 heavy (non-hydrogen) atoms. The van der Waals surface area contributed by atoms with Crippen LogP contribution in [0.5, 0.6) is 0 Å². The minimum Gasteiger partial charge on any atom is -0.458 e. The van der Waals surface area contributed by atoms with E-state index < -0.39 is 61.5 Å². The van der Waals surface area contributed by atoms with Crippen LogP contribution in [0, 0.1) is 0 Å². The summed E-state index contributed by atoms with van der Waals surface area (Å²) in [5.74, 6) is -3.76. The Kier molecular flexibility index (Phi) is 11.9. The highest BCUT2D eigenvalue weighted by Crippen LogP contribution is 2.20. The zero-order valence-electron chi connectivity index (χ0n) is 18.7. The number of aliphatic hydroxyl groups is 2. The van der Waals surface area contributed by atoms with Gasteiger partial charge in [0.1, 0.15) is 12.7 Å². The van der Waals surface area contributed by atoms with E-state index in [9.17, 15) is 29.4 Å². The molecular weight excluding hydrogens is 424 g/mol. The van der Waals surface area contributed by atoms with Crippen LogP contribution in [0.25, 0.3) is 0 Å². The lowest BCUT2D eigenvalue weighted by Gasteiger charge is -2.34. The molecule has 10 nitrogen and oxygen atoms in total. The smallest absolute Gasteiger partial charge is 0.333 e. The van der Waals surface area contributed by atoms with Gasteiger partial charge >= 0.3 is 23.9 Å². The Hall–Kier alpha value is -3.24. The predicted molar refractivity (Wildman–Crippen MR) is 113 cm³/mol. The van der Waals surface area contributed by atoms with Crippen molar-refractivity contribution in [3.05, 3.63) is 48.6 Å². The number of rotatable bonds is 13. The minimum absolute atomic E-state index is 0.0334. The highest BCUT2D eigenvalue weighted by atomic mass is 16.6. The lowest BCUT2D eigenvalue weighted by molar-refractivity contribution is -0.197. The molecule has 0 radical (unpaired) electrons. The molecule has 4 atom stereocenters. The number of hydrogen-bond acceptors (Lipinski definition) is 10. The molecule has 10 heteroatoms. The molecule has 0 aliphatic rings. The normalized spacial score (nSPS) is 14.1. The Morgan fingerprint density at radius 2 is 1.06 bits per heavy atom. The van der Waals surface area contributed by atoms with Gasteiger partial charge in [0, 0.05) is 22.3 Å². The monoisotopic (exact) mass is 454 g/mol. The van der Waals surface area contributed by atoms with Crippen LogP contribution in [0.4, 0.5) is 0 Å². The topological polar surface area (TPSA) is 146 Å². The summed E-state index contributed by atoms with van der Waals surface area (Å²) in [6.07, 6.45) is -6.80. The molecular formula is C22H30O10. The van der Waals surface area contributed by atoms with Gasteiger partial charge in [0.05, 0.1) is 6.61 Å². The summed E-state index contributed by atoms with van der Waals surface area (Å²) in [4.78, 5) is 48.4. The van der Waals surface area contributed by atoms with Crippen LogP contribution < -0.4 is 0 Å². The number of carbonyl (C=O) groups is 4. The van der Waals surface area contributed by atoms with Crippen LogP contribution in [-0.4, -0.2) is 71.7 Å². The third-order valence-corrected chi connectivity index (χ3v) is 3.77. The average molecular weight is 454 g/mol. The average Bonchev–Trinajstić information content (AvgIpc) is 2.71. The lowest BCUT2D eigenvalue weighted by atomic mass is 10.0. The fourth-order valence-corrected chi connectivity index (χ4v) is 1.99. The van der Waals surface area contributed by atoms with Gasteiger partial charge in [-0.05, 0) is 27.7 Å². The van der Waals surface area contributed by atoms with Crippen molar-refractivity contribution in [2.24, 2.45) is 0 Å². The van der Waals surface area contributed by atoms with Gasteiger partial charge < -0.3 is 29.2 Å². The molecule has 2 N–H and O–H groups in total. The van der Waals surface area contributed by atoms with Crippen molar-refractivity contribution in [3.63, 3.8) is 0 Å². The van der Waals surface area contributed by atoms with Crippen LogP contribution in [0.3, 0.4) is 0 Å². The highest BCUT2D eigenvalue weighted by molar-refractivity contribution is 5.89. The van der Waals surface area contributed by atoms with E-state index in [4.69, 9.17) is 18.9 Å². The van der Waals surface area contributed by atoms with Crippen LogP contribution in [-0.2, 0) is 38.1 Å². The molecule has 0 bridgehead atoms. The number of hydrogen-bond donors (Lipinski definition) is 2. The molecule has 0 unspecified atom stereocenters. The maximum Gasteiger partial charge on any atom is 0.333 e. The molecule has 0 amide bonds. The van der Waals surface area contributed by atoms with E-state index in [1.807, 2.05) is 0 Å². The second kappa shape index (κ2) is 13.2. The summed E-state index contributed by atoms with van der Waals surface area (Å²) in [5.41, 5.74) is -0.132. The molecule has 0 aliphatic heterocycles. The Bertz CT molecular complexity index is 795. The van der Waals surface area contributed by atoms with E-state index in [1.54, 1.807) is 0 Å². The molecule has 0 aromatic carbocycles. The van der Waals surface area contributed by atoms with Crippen molar-refractivity contribution >= 4 is 23.9 Å². The zero-order valence-corrected chi connectivity index (χ0v) is 18.7. The van der Waals surface area contributed by atoms with Crippen molar-refractivity contribution in [1.29, 1.82) is 0 Å². The van der Waals surface area contributed by atoms with Crippen molar-refractivity contribution in [1.82, 2.24) is 0 Å². The van der Waals surface area contributed by atoms with Gasteiger partial charge in [-0.15, -0.1) is 0 Å². The van der Waals surface area contributed by atoms with Gasteiger partial charge in [0.2, 0.25) is 0 Å². The molecule has 178 valence electrons. The summed E-state index contributed by atoms with van der Waals surface area (Å²) in [6.45, 7) is 17.5. The number of carbonyl (C=O) groups excluding carboxylic acids is 4. The fraction of sp³-hybridized carbons (Fsp3) is 0.455. The van der Waals surface area contributed by atoms with Crippen LogP contribution in [0.15, 0.2) is 48.6 Å². The van der Waals surface area contributed by atoms with Gasteiger partial charge in [-0.2, -0.15) is 0 Å². The molecule has 0 rings (SSSR count). The predicted octanol–water partition coefficient (Wildman–Crippen LogP) is 0.923. The van der Waals surface area contributed by atoms with E-state index >= 15 is 0 Å². The van der Waals surface area contributed by atoms with Gasteiger partial charge in [-0.25, -0.2) is 19.2 Å². The summed E-state index contributed by atoms with van der Waals surface area (Å²) in [7, 11) is 0. The minimum atomic E-state index is -1.77.